The van der Waals surface area contributed by atoms with E-state index in [2.05, 4.69) is 19.9 Å². The Kier molecular flexibility index (Phi) is 8.44. The van der Waals surface area contributed by atoms with Crippen molar-refractivity contribution in [3.8, 4) is 23.0 Å². The summed E-state index contributed by atoms with van der Waals surface area (Å²) in [6.45, 7) is 5.41. The predicted octanol–water partition coefficient (Wildman–Crippen LogP) is 6.05. The number of anilines is 3. The number of piperidine rings is 1. The third-order valence-electron chi connectivity index (χ3n) is 8.51. The van der Waals surface area contributed by atoms with Crippen LogP contribution in [-0.2, 0) is 6.18 Å². The maximum Gasteiger partial charge on any atom is 0.418 e. The van der Waals surface area contributed by atoms with Crippen molar-refractivity contribution < 1.29 is 27.0 Å². The number of halogens is 5. The number of benzene rings is 1. The summed E-state index contributed by atoms with van der Waals surface area (Å²) in [5.41, 5.74) is 9.64. The molecule has 0 bridgehead atoms. The molecule has 2 aliphatic rings. The van der Waals surface area contributed by atoms with Crippen LogP contribution in [0.1, 0.15) is 42.5 Å². The van der Waals surface area contributed by atoms with Gasteiger partial charge in [0.25, 0.3) is 0 Å². The van der Waals surface area contributed by atoms with Crippen LogP contribution >= 0.6 is 11.6 Å². The van der Waals surface area contributed by atoms with E-state index >= 15 is 4.39 Å². The van der Waals surface area contributed by atoms with E-state index in [0.717, 1.165) is 32.0 Å². The lowest BCUT2D eigenvalue weighted by molar-refractivity contribution is -0.137. The number of aromatic nitrogens is 4. The van der Waals surface area contributed by atoms with Gasteiger partial charge in [0.15, 0.2) is 11.6 Å². The predicted molar refractivity (Wildman–Crippen MR) is 168 cm³/mol. The highest BCUT2D eigenvalue weighted by Gasteiger charge is 2.40. The molecule has 1 saturated heterocycles. The van der Waals surface area contributed by atoms with Crippen molar-refractivity contribution in [1.82, 2.24) is 24.8 Å². The minimum Gasteiger partial charge on any atom is -0.489 e. The molecule has 3 aromatic heterocycles. The minimum atomic E-state index is -4.89. The Morgan fingerprint density at radius 1 is 1.20 bits per heavy atom. The molecular weight excluding hydrogens is 628 g/mol. The van der Waals surface area contributed by atoms with Gasteiger partial charge in [0.05, 0.1) is 46.4 Å². The first-order valence-corrected chi connectivity index (χ1v) is 15.2. The van der Waals surface area contributed by atoms with Crippen molar-refractivity contribution in [3.63, 3.8) is 0 Å². The van der Waals surface area contributed by atoms with Crippen molar-refractivity contribution >= 4 is 40.0 Å². The number of hydrogen-bond acceptors (Lipinski definition) is 10. The maximum absolute atomic E-state index is 16.9. The molecule has 1 aromatic carbocycles. The maximum atomic E-state index is 16.9. The zero-order chi connectivity index (χ0) is 32.9. The summed E-state index contributed by atoms with van der Waals surface area (Å²) in [5.74, 6) is -0.749. The third-order valence-corrected chi connectivity index (χ3v) is 8.87. The van der Waals surface area contributed by atoms with Gasteiger partial charge < -0.3 is 30.7 Å². The molecule has 0 aliphatic carbocycles. The molecule has 1 fully saturated rings. The van der Waals surface area contributed by atoms with Crippen molar-refractivity contribution in [1.29, 1.82) is 0 Å². The van der Waals surface area contributed by atoms with Gasteiger partial charge >= 0.3 is 12.2 Å². The van der Waals surface area contributed by atoms with Crippen molar-refractivity contribution in [2.75, 3.05) is 56.3 Å². The Morgan fingerprint density at radius 3 is 2.70 bits per heavy atom. The summed E-state index contributed by atoms with van der Waals surface area (Å²) in [6, 6.07) is 4.07. The second kappa shape index (κ2) is 12.2. The van der Waals surface area contributed by atoms with Crippen molar-refractivity contribution in [2.45, 2.75) is 38.9 Å². The van der Waals surface area contributed by atoms with E-state index in [-0.39, 0.29) is 65.5 Å². The average molecular weight is 661 g/mol. The van der Waals surface area contributed by atoms with Crippen LogP contribution in [0.2, 0.25) is 5.02 Å². The van der Waals surface area contributed by atoms with E-state index in [4.69, 9.17) is 37.5 Å². The lowest BCUT2D eigenvalue weighted by Crippen LogP contribution is -2.35. The zero-order valence-electron chi connectivity index (χ0n) is 25.5. The number of alkyl halides is 3. The lowest BCUT2D eigenvalue weighted by atomic mass is 9.98. The standard InChI is InChI=1S/C31H33ClF4N8O2/c1-15-12-19(37)40-25(22(15)31(34,35)36)20-23(32)27-21-26(24(20)33)41-30(46-14-17-6-5-9-43(3)13-17)42-29(21)44(10-11-45-27)16(2)18-7-4-8-39-28(18)38/h4,7-8,12,16-17H,5-6,9-11,13-14H2,1-3H3,(H2,37,40)(H2,38,39)/t16-,17?/m1/s1. The molecule has 0 spiro atoms. The molecule has 15 heteroatoms. The van der Waals surface area contributed by atoms with Gasteiger partial charge in [0.2, 0.25) is 0 Å². The van der Waals surface area contributed by atoms with E-state index in [0.29, 0.717) is 11.4 Å². The van der Waals surface area contributed by atoms with E-state index in [1.807, 2.05) is 24.9 Å². The van der Waals surface area contributed by atoms with Gasteiger partial charge in [-0.25, -0.2) is 14.4 Å². The monoisotopic (exact) mass is 660 g/mol. The molecule has 0 saturated carbocycles. The minimum absolute atomic E-state index is 0.0286. The van der Waals surface area contributed by atoms with E-state index in [1.165, 1.54) is 6.92 Å². The molecule has 46 heavy (non-hydrogen) atoms. The largest absolute Gasteiger partial charge is 0.489 e. The van der Waals surface area contributed by atoms with Crippen molar-refractivity contribution in [3.05, 3.63) is 51.9 Å². The number of nitrogens with zero attached hydrogens (tertiary/aromatic N) is 6. The molecule has 2 atom stereocenters. The van der Waals surface area contributed by atoms with Crippen LogP contribution in [0.25, 0.3) is 22.2 Å². The molecule has 4 N–H and O–H groups in total. The summed E-state index contributed by atoms with van der Waals surface area (Å²) in [7, 11) is 2.03. The normalized spacial score (nSPS) is 17.9. The molecular formula is C31H33ClF4N8O2. The molecule has 5 heterocycles. The molecule has 2 aliphatic heterocycles. The first-order valence-electron chi connectivity index (χ1n) is 14.8. The number of rotatable bonds is 6. The molecule has 244 valence electrons. The fourth-order valence-electron chi connectivity index (χ4n) is 6.37. The topological polar surface area (TPSA) is 129 Å². The summed E-state index contributed by atoms with van der Waals surface area (Å²) < 4.78 is 72.1. The molecule has 1 unspecified atom stereocenters. The summed E-state index contributed by atoms with van der Waals surface area (Å²) in [4.78, 5) is 21.3. The van der Waals surface area contributed by atoms with E-state index < -0.39 is 39.9 Å². The number of ether oxygens (including phenoxy) is 2. The number of likely N-dealkylation sites (tertiary alicyclic amines) is 1. The first kappa shape index (κ1) is 31.8. The van der Waals surface area contributed by atoms with Gasteiger partial charge in [0.1, 0.15) is 29.6 Å². The second-order valence-corrected chi connectivity index (χ2v) is 12.1. The SMILES string of the molecule is Cc1cc(N)nc(-c2c(Cl)c3c4c(nc(OCC5CCCN(C)C5)nc4c2F)N([C@H](C)c2cccnc2N)CCO3)c1C(F)(F)F. The van der Waals surface area contributed by atoms with Gasteiger partial charge in [-0.1, -0.05) is 17.7 Å². The van der Waals surface area contributed by atoms with Crippen molar-refractivity contribution in [2.24, 2.45) is 5.92 Å². The number of hydrogen-bond donors (Lipinski definition) is 2. The number of nitrogen functional groups attached to an aromatic ring is 2. The zero-order valence-corrected chi connectivity index (χ0v) is 26.2. The van der Waals surface area contributed by atoms with Gasteiger partial charge in [-0.05, 0) is 58.0 Å². The smallest absolute Gasteiger partial charge is 0.418 e. The van der Waals surface area contributed by atoms with E-state index in [9.17, 15) is 13.2 Å². The Hall–Kier alpha value is -4.17. The van der Waals surface area contributed by atoms with E-state index in [1.54, 1.807) is 12.3 Å². The third kappa shape index (κ3) is 5.79. The highest BCUT2D eigenvalue weighted by atomic mass is 35.5. The van der Waals surface area contributed by atoms with Crippen LogP contribution < -0.4 is 25.8 Å². The van der Waals surface area contributed by atoms with Crippen LogP contribution in [0, 0.1) is 18.7 Å². The van der Waals surface area contributed by atoms with Crippen LogP contribution in [0.4, 0.5) is 35.0 Å². The average Bonchev–Trinajstić information content (AvgIpc) is 3.18. The van der Waals surface area contributed by atoms with Gasteiger partial charge in [-0.15, -0.1) is 0 Å². The van der Waals surface area contributed by atoms with Crippen LogP contribution in [0.15, 0.2) is 24.4 Å². The molecule has 0 amide bonds. The fourth-order valence-corrected chi connectivity index (χ4v) is 6.69. The highest BCUT2D eigenvalue weighted by Crippen LogP contribution is 2.51. The molecule has 4 aromatic rings. The first-order chi connectivity index (χ1) is 21.8. The Bertz CT molecular complexity index is 1810. The summed E-state index contributed by atoms with van der Waals surface area (Å²) in [5, 5.41) is -0.329. The molecule has 10 nitrogen and oxygen atoms in total. The van der Waals surface area contributed by atoms with Gasteiger partial charge in [-0.3, -0.25) is 0 Å². The molecule has 6 rings (SSSR count). The van der Waals surface area contributed by atoms with Crippen LogP contribution in [-0.4, -0.2) is 64.7 Å². The Labute approximate surface area is 267 Å². The fraction of sp³-hybridized carbons (Fsp3) is 0.419. The Morgan fingerprint density at radius 2 is 1.98 bits per heavy atom. The lowest BCUT2D eigenvalue weighted by Gasteiger charge is -2.31. The highest BCUT2D eigenvalue weighted by molar-refractivity contribution is 6.36. The number of pyridine rings is 2. The quantitative estimate of drug-likeness (QED) is 0.236. The Balaban J connectivity index is 1.59. The number of aryl methyl sites for hydroxylation is 1. The summed E-state index contributed by atoms with van der Waals surface area (Å²) in [6.07, 6.45) is -1.39. The van der Waals surface area contributed by atoms with Crippen LogP contribution in [0.5, 0.6) is 11.8 Å². The second-order valence-electron chi connectivity index (χ2n) is 11.7. The molecule has 0 radical (unpaired) electrons. The van der Waals surface area contributed by atoms with Gasteiger partial charge in [0, 0.05) is 24.2 Å². The number of nitrogens with two attached hydrogens (primary N) is 2. The summed E-state index contributed by atoms with van der Waals surface area (Å²) >= 11 is 6.77. The van der Waals surface area contributed by atoms with Crippen LogP contribution in [0.3, 0.4) is 0 Å². The van der Waals surface area contributed by atoms with Gasteiger partial charge in [-0.2, -0.15) is 23.1 Å².